The molecule has 1 amide bonds. The van der Waals surface area contributed by atoms with Crippen LogP contribution in [-0.4, -0.2) is 34.9 Å². The van der Waals surface area contributed by atoms with Crippen LogP contribution in [0.4, 0.5) is 0 Å². The lowest BCUT2D eigenvalue weighted by molar-refractivity contribution is -0.420. The van der Waals surface area contributed by atoms with E-state index in [4.69, 9.17) is 9.47 Å². The van der Waals surface area contributed by atoms with Crippen molar-refractivity contribution in [3.05, 3.63) is 105 Å². The van der Waals surface area contributed by atoms with E-state index in [0.29, 0.717) is 25.0 Å². The van der Waals surface area contributed by atoms with Gasteiger partial charge in [0.25, 0.3) is 11.6 Å². The Kier molecular flexibility index (Phi) is 10.4. The summed E-state index contributed by atoms with van der Waals surface area (Å²) in [6.45, 7) is 14.4. The minimum atomic E-state index is -1.83. The lowest BCUT2D eigenvalue weighted by Gasteiger charge is -2.30. The van der Waals surface area contributed by atoms with Crippen molar-refractivity contribution in [1.82, 2.24) is 5.32 Å². The summed E-state index contributed by atoms with van der Waals surface area (Å²) >= 11 is 0. The molecule has 0 spiro atoms. The van der Waals surface area contributed by atoms with Gasteiger partial charge in [-0.25, -0.2) is 0 Å². The number of nitro groups is 1. The van der Waals surface area contributed by atoms with Gasteiger partial charge in [-0.15, -0.1) is 0 Å². The van der Waals surface area contributed by atoms with E-state index in [1.807, 2.05) is 30.3 Å². The van der Waals surface area contributed by atoms with E-state index in [2.05, 4.69) is 65.1 Å². The number of rotatable bonds is 14. The summed E-state index contributed by atoms with van der Waals surface area (Å²) in [6, 6.07) is 17.5. The normalized spacial score (nSPS) is 16.7. The monoisotopic (exact) mass is 614 g/mol. The molecule has 2 N–H and O–H groups in total. The van der Waals surface area contributed by atoms with Crippen molar-refractivity contribution in [2.75, 3.05) is 13.2 Å². The minimum Gasteiger partial charge on any atom is -0.493 e. The van der Waals surface area contributed by atoms with E-state index in [-0.39, 0.29) is 40.2 Å². The first-order valence-corrected chi connectivity index (χ1v) is 15.8. The number of allylic oxidation sites excluding steroid dienone is 1. The third kappa shape index (κ3) is 7.92. The first-order valence-electron chi connectivity index (χ1n) is 15.8. The Morgan fingerprint density at radius 3 is 2.42 bits per heavy atom. The quantitative estimate of drug-likeness (QED) is 0.0824. The van der Waals surface area contributed by atoms with E-state index in [0.717, 1.165) is 30.4 Å². The van der Waals surface area contributed by atoms with E-state index < -0.39 is 10.7 Å². The molecule has 1 atom stereocenters. The van der Waals surface area contributed by atoms with Gasteiger partial charge in [-0.3, -0.25) is 14.9 Å². The highest BCUT2D eigenvalue weighted by Crippen LogP contribution is 2.39. The average molecular weight is 615 g/mol. The summed E-state index contributed by atoms with van der Waals surface area (Å²) in [6.07, 6.45) is 7.16. The topological polar surface area (TPSA) is 111 Å². The van der Waals surface area contributed by atoms with Gasteiger partial charge in [0.2, 0.25) is 5.79 Å². The van der Waals surface area contributed by atoms with Crippen LogP contribution >= 0.6 is 0 Å². The number of unbranched alkanes of at least 4 members (excludes halogenated alkanes) is 1. The molecule has 0 bridgehead atoms. The van der Waals surface area contributed by atoms with E-state index in [1.165, 1.54) is 29.4 Å². The van der Waals surface area contributed by atoms with Crippen molar-refractivity contribution in [2.45, 2.75) is 90.3 Å². The molecule has 4 rings (SSSR count). The van der Waals surface area contributed by atoms with Gasteiger partial charge < -0.3 is 19.9 Å². The van der Waals surface area contributed by atoms with Gasteiger partial charge in [-0.05, 0) is 65.7 Å². The Bertz CT molecular complexity index is 1610. The minimum absolute atomic E-state index is 0.0195. The third-order valence-corrected chi connectivity index (χ3v) is 9.10. The molecule has 0 heterocycles. The number of ether oxygens (including phenoxy) is 2. The second-order valence-corrected chi connectivity index (χ2v) is 13.0. The second-order valence-electron chi connectivity index (χ2n) is 13.0. The second kappa shape index (κ2) is 13.9. The SMILES string of the molecule is CCC(C)(C)c1ccc(OCCCCNC(=O)c2ccc3ccccc3c2OC2(O)C=CC([N+](=O)[O-])=CC2)c(C(C)(C)CC)c1. The van der Waals surface area contributed by atoms with Crippen LogP contribution in [-0.2, 0) is 10.8 Å². The summed E-state index contributed by atoms with van der Waals surface area (Å²) < 4.78 is 12.3. The van der Waals surface area contributed by atoms with Gasteiger partial charge in [-0.2, -0.15) is 0 Å². The lowest BCUT2D eigenvalue weighted by atomic mass is 9.76. The summed E-state index contributed by atoms with van der Waals surface area (Å²) in [7, 11) is 0. The molecule has 1 unspecified atom stereocenters. The van der Waals surface area contributed by atoms with E-state index >= 15 is 0 Å². The number of carbonyl (C=O) groups is 1. The van der Waals surface area contributed by atoms with Crippen LogP contribution in [0.3, 0.4) is 0 Å². The first-order chi connectivity index (χ1) is 21.3. The number of hydrogen-bond acceptors (Lipinski definition) is 6. The average Bonchev–Trinajstić information content (AvgIpc) is 3.02. The van der Waals surface area contributed by atoms with Crippen molar-refractivity contribution in [2.24, 2.45) is 0 Å². The molecule has 8 nitrogen and oxygen atoms in total. The molecule has 3 aromatic rings. The van der Waals surface area contributed by atoms with Gasteiger partial charge in [0.05, 0.1) is 17.1 Å². The van der Waals surface area contributed by atoms with Gasteiger partial charge in [0, 0.05) is 36.1 Å². The number of carbonyl (C=O) groups excluding carboxylic acids is 1. The number of benzene rings is 3. The van der Waals surface area contributed by atoms with Crippen molar-refractivity contribution in [1.29, 1.82) is 0 Å². The zero-order chi connectivity index (χ0) is 32.8. The highest BCUT2D eigenvalue weighted by molar-refractivity contribution is 6.03. The Balaban J connectivity index is 1.40. The van der Waals surface area contributed by atoms with Gasteiger partial charge in [0.1, 0.15) is 11.5 Å². The molecule has 0 aliphatic heterocycles. The van der Waals surface area contributed by atoms with E-state index in [9.17, 15) is 20.0 Å². The molecule has 8 heteroatoms. The van der Waals surface area contributed by atoms with Gasteiger partial charge in [-0.1, -0.05) is 84.0 Å². The molecule has 1 aliphatic rings. The van der Waals surface area contributed by atoms with E-state index in [1.54, 1.807) is 6.07 Å². The summed E-state index contributed by atoms with van der Waals surface area (Å²) in [4.78, 5) is 23.9. The van der Waals surface area contributed by atoms with Crippen molar-refractivity contribution >= 4 is 16.7 Å². The fourth-order valence-corrected chi connectivity index (χ4v) is 5.23. The molecule has 1 aliphatic carbocycles. The number of fused-ring (bicyclic) bond motifs is 1. The molecule has 0 saturated heterocycles. The zero-order valence-corrected chi connectivity index (χ0v) is 27.3. The molecular formula is C37H46N2O6. The van der Waals surface area contributed by atoms with Crippen molar-refractivity contribution < 1.29 is 24.3 Å². The largest absolute Gasteiger partial charge is 0.493 e. The Morgan fingerprint density at radius 1 is 1.02 bits per heavy atom. The predicted octanol–water partition coefficient (Wildman–Crippen LogP) is 7.99. The smallest absolute Gasteiger partial charge is 0.265 e. The number of hydrogen-bond donors (Lipinski definition) is 2. The maximum Gasteiger partial charge on any atom is 0.265 e. The lowest BCUT2D eigenvalue weighted by Crippen LogP contribution is -2.36. The van der Waals surface area contributed by atoms with Crippen molar-refractivity contribution in [3.63, 3.8) is 0 Å². The van der Waals surface area contributed by atoms with Gasteiger partial charge >= 0.3 is 0 Å². The number of nitrogens with zero attached hydrogens (tertiary/aromatic N) is 1. The third-order valence-electron chi connectivity index (χ3n) is 9.10. The van der Waals surface area contributed by atoms with Gasteiger partial charge in [0.15, 0.2) is 0 Å². The highest BCUT2D eigenvalue weighted by Gasteiger charge is 2.32. The predicted molar refractivity (Wildman–Crippen MR) is 178 cm³/mol. The molecule has 0 fully saturated rings. The molecule has 45 heavy (non-hydrogen) atoms. The first kappa shape index (κ1) is 33.7. The van der Waals surface area contributed by atoms with Crippen LogP contribution in [0.5, 0.6) is 11.5 Å². The molecular weight excluding hydrogens is 568 g/mol. The Hall–Kier alpha value is -4.17. The van der Waals surface area contributed by atoms with Crippen LogP contribution < -0.4 is 14.8 Å². The maximum atomic E-state index is 13.4. The molecule has 0 aromatic heterocycles. The Morgan fingerprint density at radius 2 is 1.76 bits per heavy atom. The standard InChI is InChI=1S/C37H46N2O6/c1-7-35(3,4)27-16-18-32(31(25-27)36(5,6)8-2)44-24-12-11-23-38-34(40)30-17-15-26-13-9-10-14-29(26)33(30)45-37(41)21-19-28(20-22-37)39(42)43/h9-10,13-21,25,41H,7-8,11-12,22-24H2,1-6H3,(H,38,40). The molecule has 240 valence electrons. The molecule has 3 aromatic carbocycles. The summed E-state index contributed by atoms with van der Waals surface area (Å²) in [5, 5.41) is 26.7. The number of amides is 1. The maximum absolute atomic E-state index is 13.4. The number of aliphatic hydroxyl groups is 1. The highest BCUT2D eigenvalue weighted by atomic mass is 16.6. The summed E-state index contributed by atoms with van der Waals surface area (Å²) in [5.74, 6) is -1.03. The van der Waals surface area contributed by atoms with Crippen molar-refractivity contribution in [3.8, 4) is 11.5 Å². The van der Waals surface area contributed by atoms with Crippen LogP contribution in [0.25, 0.3) is 10.8 Å². The van der Waals surface area contributed by atoms with Crippen LogP contribution in [0.1, 0.15) is 95.1 Å². The zero-order valence-electron chi connectivity index (χ0n) is 27.3. The van der Waals surface area contributed by atoms with Crippen LogP contribution in [0.15, 0.2) is 78.5 Å². The summed E-state index contributed by atoms with van der Waals surface area (Å²) in [5.41, 5.74) is 2.77. The Labute approximate surface area is 266 Å². The molecule has 0 radical (unpaired) electrons. The van der Waals surface area contributed by atoms with Crippen LogP contribution in [0.2, 0.25) is 0 Å². The fourth-order valence-electron chi connectivity index (χ4n) is 5.23. The molecule has 0 saturated carbocycles. The number of nitrogens with one attached hydrogen (secondary N) is 1. The fraction of sp³-hybridized carbons (Fsp3) is 0.432. The van der Waals surface area contributed by atoms with Crippen LogP contribution in [0, 0.1) is 10.1 Å².